The quantitative estimate of drug-likeness (QED) is 0.231. The first-order valence-electron chi connectivity index (χ1n) is 13.1. The summed E-state index contributed by atoms with van der Waals surface area (Å²) in [6, 6.07) is 14.2. The van der Waals surface area contributed by atoms with E-state index in [4.69, 9.17) is 30.5 Å². The predicted octanol–water partition coefficient (Wildman–Crippen LogP) is 5.99. The molecule has 0 saturated heterocycles. The van der Waals surface area contributed by atoms with Gasteiger partial charge in [-0.15, -0.1) is 0 Å². The molecule has 0 fully saturated rings. The van der Waals surface area contributed by atoms with Crippen molar-refractivity contribution in [2.45, 2.75) is 26.5 Å². The molecule has 0 radical (unpaired) electrons. The first kappa shape index (κ1) is 28.7. The van der Waals surface area contributed by atoms with Gasteiger partial charge >= 0.3 is 0 Å². The van der Waals surface area contributed by atoms with Crippen LogP contribution in [0.1, 0.15) is 31.0 Å². The fourth-order valence-corrected chi connectivity index (χ4v) is 4.93. The number of aromatic nitrogens is 3. The highest BCUT2D eigenvalue weighted by atomic mass is 35.5. The van der Waals surface area contributed by atoms with Gasteiger partial charge in [0, 0.05) is 23.4 Å². The van der Waals surface area contributed by atoms with Gasteiger partial charge in [-0.1, -0.05) is 35.9 Å². The van der Waals surface area contributed by atoms with E-state index >= 15 is 0 Å². The maximum absolute atomic E-state index is 14.2. The monoisotopic (exact) mass is 593 g/mol. The van der Waals surface area contributed by atoms with E-state index in [0.29, 0.717) is 68.7 Å². The van der Waals surface area contributed by atoms with Crippen LogP contribution < -0.4 is 29.6 Å². The van der Waals surface area contributed by atoms with Gasteiger partial charge in [0.2, 0.25) is 5.95 Å². The number of anilines is 2. The molecule has 5 rings (SSSR count). The largest absolute Gasteiger partial charge is 0.495 e. The normalized spacial score (nSPS) is 14.1. The van der Waals surface area contributed by atoms with Crippen LogP contribution in [0.2, 0.25) is 5.02 Å². The van der Waals surface area contributed by atoms with Crippen molar-refractivity contribution in [3.63, 3.8) is 0 Å². The van der Waals surface area contributed by atoms with Gasteiger partial charge < -0.3 is 29.6 Å². The van der Waals surface area contributed by atoms with E-state index in [1.54, 1.807) is 54.1 Å². The van der Waals surface area contributed by atoms with Crippen LogP contribution in [0.4, 0.5) is 16.0 Å². The smallest absolute Gasteiger partial charge is 0.255 e. The molecule has 1 aromatic heterocycles. The number of allylic oxidation sites excluding steroid dienone is 1. The van der Waals surface area contributed by atoms with Crippen LogP contribution in [0.3, 0.4) is 0 Å². The van der Waals surface area contributed by atoms with Crippen LogP contribution in [0, 0.1) is 5.82 Å². The van der Waals surface area contributed by atoms with Crippen molar-refractivity contribution in [1.82, 2.24) is 14.8 Å². The second-order valence-corrected chi connectivity index (χ2v) is 9.66. The molecule has 218 valence electrons. The van der Waals surface area contributed by atoms with Crippen LogP contribution in [0.5, 0.6) is 23.0 Å². The van der Waals surface area contributed by atoms with E-state index in [2.05, 4.69) is 20.7 Å². The summed E-state index contributed by atoms with van der Waals surface area (Å²) in [6.45, 7) is 4.02. The number of methoxy groups -OCH3 is 2. The van der Waals surface area contributed by atoms with Gasteiger partial charge in [0.05, 0.1) is 37.1 Å². The second-order valence-electron chi connectivity index (χ2n) is 9.25. The number of amides is 1. The Kier molecular flexibility index (Phi) is 8.48. The second kappa shape index (κ2) is 12.4. The minimum absolute atomic E-state index is 0.0196. The Morgan fingerprint density at radius 3 is 2.57 bits per heavy atom. The Morgan fingerprint density at radius 1 is 1.05 bits per heavy atom. The fraction of sp³-hybridized carbons (Fsp3) is 0.233. The molecule has 42 heavy (non-hydrogen) atoms. The van der Waals surface area contributed by atoms with Crippen LogP contribution in [0.25, 0.3) is 0 Å². The predicted molar refractivity (Wildman–Crippen MR) is 156 cm³/mol. The number of nitrogens with zero attached hydrogens (tertiary/aromatic N) is 3. The number of rotatable bonds is 10. The maximum atomic E-state index is 14.2. The number of ether oxygens (including phenoxy) is 4. The number of nitrogens with one attached hydrogen (secondary N) is 2. The minimum atomic E-state index is -0.677. The highest BCUT2D eigenvalue weighted by molar-refractivity contribution is 6.32. The number of hydrogen-bond acceptors (Lipinski definition) is 8. The van der Waals surface area contributed by atoms with Crippen molar-refractivity contribution in [2.75, 3.05) is 31.5 Å². The van der Waals surface area contributed by atoms with Gasteiger partial charge in [0.25, 0.3) is 5.91 Å². The van der Waals surface area contributed by atoms with E-state index in [1.807, 2.05) is 13.0 Å². The van der Waals surface area contributed by atoms with Gasteiger partial charge in [-0.3, -0.25) is 4.79 Å². The summed E-state index contributed by atoms with van der Waals surface area (Å²) in [4.78, 5) is 18.2. The van der Waals surface area contributed by atoms with Crippen molar-refractivity contribution in [2.24, 2.45) is 0 Å². The molecule has 12 heteroatoms. The van der Waals surface area contributed by atoms with E-state index < -0.39 is 11.9 Å². The lowest BCUT2D eigenvalue weighted by molar-refractivity contribution is -0.113. The number of carbonyl (C=O) groups excluding carboxylic acids is 1. The molecule has 0 unspecified atom stereocenters. The zero-order valence-electron chi connectivity index (χ0n) is 23.4. The molecule has 0 aliphatic carbocycles. The molecule has 0 saturated carbocycles. The SMILES string of the molecule is CCOc1cc([C@@H]2C(C(=O)Nc3cc(OC)c(Cl)cc3OC)=C(C)Nc3ncnn32)ccc1OCc1ccccc1F. The lowest BCUT2D eigenvalue weighted by atomic mass is 9.94. The Bertz CT molecular complexity index is 1660. The van der Waals surface area contributed by atoms with E-state index in [-0.39, 0.29) is 12.4 Å². The lowest BCUT2D eigenvalue weighted by Gasteiger charge is -2.29. The Balaban J connectivity index is 1.51. The zero-order valence-corrected chi connectivity index (χ0v) is 24.2. The Hall–Kier alpha value is -4.77. The van der Waals surface area contributed by atoms with Gasteiger partial charge in [-0.25, -0.2) is 9.07 Å². The van der Waals surface area contributed by atoms with Crippen LogP contribution in [-0.4, -0.2) is 41.5 Å². The summed E-state index contributed by atoms with van der Waals surface area (Å²) >= 11 is 6.26. The van der Waals surface area contributed by atoms with E-state index in [1.165, 1.54) is 26.6 Å². The Morgan fingerprint density at radius 2 is 1.83 bits per heavy atom. The standard InChI is InChI=1S/C30H29ClFN5O5/c1-5-41-26-12-18(10-11-23(26)42-15-19-8-6-7-9-21(19)32)28-27(17(2)35-30-33-16-34-37(28)30)29(38)36-22-14-24(39-3)20(31)13-25(22)40-4/h6-14,16,28H,5,15H2,1-4H3,(H,36,38)(H,33,34,35)/t28-/m1/s1. The first-order chi connectivity index (χ1) is 20.3. The van der Waals surface area contributed by atoms with Crippen molar-refractivity contribution in [3.8, 4) is 23.0 Å². The van der Waals surface area contributed by atoms with Crippen LogP contribution in [-0.2, 0) is 11.4 Å². The molecule has 10 nitrogen and oxygen atoms in total. The number of hydrogen-bond donors (Lipinski definition) is 2. The molecule has 2 heterocycles. The molecule has 2 N–H and O–H groups in total. The average molecular weight is 594 g/mol. The summed E-state index contributed by atoms with van der Waals surface area (Å²) in [5.74, 6) is 1.32. The van der Waals surface area contributed by atoms with Crippen LogP contribution in [0.15, 0.2) is 72.2 Å². The van der Waals surface area contributed by atoms with Gasteiger partial charge in [-0.2, -0.15) is 10.1 Å². The molecular formula is C30H29ClFN5O5. The van der Waals surface area contributed by atoms with Crippen molar-refractivity contribution < 1.29 is 28.1 Å². The highest BCUT2D eigenvalue weighted by Gasteiger charge is 2.34. The topological polar surface area (TPSA) is 109 Å². The van der Waals surface area contributed by atoms with Crippen molar-refractivity contribution in [3.05, 3.63) is 94.2 Å². The highest BCUT2D eigenvalue weighted by Crippen LogP contribution is 2.41. The summed E-state index contributed by atoms with van der Waals surface area (Å²) in [6.07, 6.45) is 1.41. The van der Waals surface area contributed by atoms with Gasteiger partial charge in [0.1, 0.15) is 36.3 Å². The average Bonchev–Trinajstić information content (AvgIpc) is 3.45. The maximum Gasteiger partial charge on any atom is 0.255 e. The summed E-state index contributed by atoms with van der Waals surface area (Å²) in [5, 5.41) is 10.8. The van der Waals surface area contributed by atoms with E-state index in [0.717, 1.165) is 0 Å². The van der Waals surface area contributed by atoms with Crippen molar-refractivity contribution >= 4 is 29.1 Å². The third kappa shape index (κ3) is 5.68. The number of halogens is 2. The number of fused-ring (bicyclic) bond motifs is 1. The molecule has 1 amide bonds. The molecule has 1 aliphatic rings. The molecule has 1 aliphatic heterocycles. The minimum Gasteiger partial charge on any atom is -0.495 e. The van der Waals surface area contributed by atoms with E-state index in [9.17, 15) is 9.18 Å². The summed E-state index contributed by atoms with van der Waals surface area (Å²) in [7, 11) is 2.97. The molecular weight excluding hydrogens is 565 g/mol. The fourth-order valence-electron chi connectivity index (χ4n) is 4.69. The summed E-state index contributed by atoms with van der Waals surface area (Å²) < 4.78 is 38.4. The Labute approximate surface area is 247 Å². The summed E-state index contributed by atoms with van der Waals surface area (Å²) in [5.41, 5.74) is 2.44. The van der Waals surface area contributed by atoms with Gasteiger partial charge in [-0.05, 0) is 37.6 Å². The van der Waals surface area contributed by atoms with Crippen molar-refractivity contribution in [1.29, 1.82) is 0 Å². The van der Waals surface area contributed by atoms with Crippen LogP contribution >= 0.6 is 11.6 Å². The molecule has 1 atom stereocenters. The third-order valence-corrected chi connectivity index (χ3v) is 6.98. The molecule has 4 aromatic rings. The lowest BCUT2D eigenvalue weighted by Crippen LogP contribution is -2.31. The molecule has 0 spiro atoms. The van der Waals surface area contributed by atoms with Gasteiger partial charge in [0.15, 0.2) is 11.5 Å². The number of carbonyl (C=O) groups is 1. The first-order valence-corrected chi connectivity index (χ1v) is 13.5. The molecule has 3 aromatic carbocycles. The number of benzene rings is 3. The third-order valence-electron chi connectivity index (χ3n) is 6.69. The zero-order chi connectivity index (χ0) is 29.8. The molecule has 0 bridgehead atoms.